The number of hydrogen-bond acceptors (Lipinski definition) is 1. The van der Waals surface area contributed by atoms with E-state index in [2.05, 4.69) is 43.3 Å². The third kappa shape index (κ3) is 1.13. The van der Waals surface area contributed by atoms with Crippen molar-refractivity contribution >= 4 is 10.8 Å². The molecule has 3 rings (SSSR count). The molecule has 2 aromatic carbocycles. The summed E-state index contributed by atoms with van der Waals surface area (Å²) in [7, 11) is 0. The van der Waals surface area contributed by atoms with Gasteiger partial charge >= 0.3 is 0 Å². The van der Waals surface area contributed by atoms with Gasteiger partial charge in [0.15, 0.2) is 0 Å². The highest BCUT2D eigenvalue weighted by Gasteiger charge is 2.26. The Morgan fingerprint density at radius 2 is 1.79 bits per heavy atom. The summed E-state index contributed by atoms with van der Waals surface area (Å²) in [4.78, 5) is 0. The van der Waals surface area contributed by atoms with E-state index in [1.807, 2.05) is 0 Å². The van der Waals surface area contributed by atoms with Gasteiger partial charge in [0.05, 0.1) is 6.61 Å². The largest absolute Gasteiger partial charge is 0.368 e. The van der Waals surface area contributed by atoms with E-state index < -0.39 is 0 Å². The Morgan fingerprint density at radius 1 is 1.07 bits per heavy atom. The predicted molar refractivity (Wildman–Crippen MR) is 57.4 cm³/mol. The average molecular weight is 184 g/mol. The second kappa shape index (κ2) is 2.82. The Bertz CT molecular complexity index is 484. The predicted octanol–water partition coefficient (Wildman–Crippen LogP) is 3.22. The van der Waals surface area contributed by atoms with Crippen LogP contribution < -0.4 is 0 Å². The van der Waals surface area contributed by atoms with Crippen LogP contribution in [0.4, 0.5) is 0 Å². The molecule has 0 aliphatic carbocycles. The summed E-state index contributed by atoms with van der Waals surface area (Å²) in [5, 5.41) is 2.69. The van der Waals surface area contributed by atoms with Crippen molar-refractivity contribution in [2.45, 2.75) is 13.0 Å². The fraction of sp³-hybridized carbons (Fsp3) is 0.231. The van der Waals surface area contributed by atoms with Crippen molar-refractivity contribution in [1.82, 2.24) is 0 Å². The van der Waals surface area contributed by atoms with Gasteiger partial charge in [-0.05, 0) is 28.8 Å². The summed E-state index contributed by atoms with van der Waals surface area (Å²) < 4.78 is 5.34. The molecule has 0 amide bonds. The minimum Gasteiger partial charge on any atom is -0.368 e. The molecule has 0 spiro atoms. The maximum Gasteiger partial charge on any atom is 0.107 e. The zero-order chi connectivity index (χ0) is 9.54. The topological polar surface area (TPSA) is 12.5 Å². The maximum absolute atomic E-state index is 5.34. The third-order valence-electron chi connectivity index (χ3n) is 2.86. The zero-order valence-corrected chi connectivity index (χ0v) is 8.16. The third-order valence-corrected chi connectivity index (χ3v) is 2.86. The van der Waals surface area contributed by atoms with Crippen LogP contribution in [-0.2, 0) is 4.74 Å². The summed E-state index contributed by atoms with van der Waals surface area (Å²) in [5.41, 5.74) is 2.68. The van der Waals surface area contributed by atoms with Gasteiger partial charge < -0.3 is 4.74 Å². The molecule has 0 N–H and O–H groups in total. The van der Waals surface area contributed by atoms with Gasteiger partial charge in [-0.15, -0.1) is 0 Å². The first-order valence-corrected chi connectivity index (χ1v) is 4.96. The highest BCUT2D eigenvalue weighted by molar-refractivity contribution is 5.89. The van der Waals surface area contributed by atoms with Crippen LogP contribution in [0.2, 0.25) is 0 Å². The summed E-state index contributed by atoms with van der Waals surface area (Å²) in [6.07, 6.45) is 0.348. The fourth-order valence-electron chi connectivity index (χ4n) is 1.98. The molecule has 0 saturated carbocycles. The molecule has 1 atom stereocenters. The second-order valence-electron chi connectivity index (χ2n) is 3.84. The summed E-state index contributed by atoms with van der Waals surface area (Å²) in [6, 6.07) is 12.9. The summed E-state index contributed by atoms with van der Waals surface area (Å²) in [6.45, 7) is 3.03. The molecule has 0 unspecified atom stereocenters. The molecule has 1 aliphatic heterocycles. The minimum absolute atomic E-state index is 0.348. The van der Waals surface area contributed by atoms with Crippen LogP contribution in [0, 0.1) is 6.92 Å². The SMILES string of the molecule is Cc1ccc([C@H]2CO2)c2ccccc12. The van der Waals surface area contributed by atoms with E-state index in [0.29, 0.717) is 6.10 Å². The monoisotopic (exact) mass is 184 g/mol. The van der Waals surface area contributed by atoms with E-state index in [4.69, 9.17) is 4.74 Å². The minimum atomic E-state index is 0.348. The molecule has 1 saturated heterocycles. The molecule has 14 heavy (non-hydrogen) atoms. The number of benzene rings is 2. The van der Waals surface area contributed by atoms with E-state index in [1.165, 1.54) is 21.9 Å². The summed E-state index contributed by atoms with van der Waals surface area (Å²) >= 11 is 0. The van der Waals surface area contributed by atoms with Crippen LogP contribution in [0.15, 0.2) is 36.4 Å². The normalized spacial score (nSPS) is 19.9. The number of aryl methyl sites for hydroxylation is 1. The highest BCUT2D eigenvalue weighted by atomic mass is 16.6. The lowest BCUT2D eigenvalue weighted by Gasteiger charge is -2.06. The Labute approximate surface area is 83.3 Å². The van der Waals surface area contributed by atoms with Crippen LogP contribution in [0.5, 0.6) is 0 Å². The first-order valence-electron chi connectivity index (χ1n) is 4.96. The number of epoxide rings is 1. The van der Waals surface area contributed by atoms with Gasteiger partial charge in [-0.3, -0.25) is 0 Å². The van der Waals surface area contributed by atoms with E-state index in [0.717, 1.165) is 6.61 Å². The van der Waals surface area contributed by atoms with Crippen LogP contribution in [0.3, 0.4) is 0 Å². The first kappa shape index (κ1) is 8.01. The Balaban J connectivity index is 2.35. The Hall–Kier alpha value is -1.34. The lowest BCUT2D eigenvalue weighted by atomic mass is 9.99. The van der Waals surface area contributed by atoms with Gasteiger partial charge in [-0.2, -0.15) is 0 Å². The van der Waals surface area contributed by atoms with E-state index in [1.54, 1.807) is 0 Å². The van der Waals surface area contributed by atoms with E-state index in [-0.39, 0.29) is 0 Å². The van der Waals surface area contributed by atoms with E-state index in [9.17, 15) is 0 Å². The van der Waals surface area contributed by atoms with Crippen molar-refractivity contribution in [2.75, 3.05) is 6.61 Å². The number of hydrogen-bond donors (Lipinski definition) is 0. The van der Waals surface area contributed by atoms with Gasteiger partial charge in [0.25, 0.3) is 0 Å². The molecule has 1 aliphatic rings. The maximum atomic E-state index is 5.34. The molecule has 0 bridgehead atoms. The molecule has 1 heteroatoms. The molecule has 1 fully saturated rings. The van der Waals surface area contributed by atoms with Crippen molar-refractivity contribution < 1.29 is 4.74 Å². The molecule has 1 nitrogen and oxygen atoms in total. The molecular formula is C13H12O. The quantitative estimate of drug-likeness (QED) is 0.620. The smallest absolute Gasteiger partial charge is 0.107 e. The standard InChI is InChI=1S/C13H12O/c1-9-6-7-12(13-8-14-13)11-5-3-2-4-10(9)11/h2-7,13H,8H2,1H3/t13-/m1/s1. The van der Waals surface area contributed by atoms with E-state index >= 15 is 0 Å². The van der Waals surface area contributed by atoms with Crippen molar-refractivity contribution in [2.24, 2.45) is 0 Å². The lowest BCUT2D eigenvalue weighted by Crippen LogP contribution is -1.86. The van der Waals surface area contributed by atoms with Crippen LogP contribution in [0.25, 0.3) is 10.8 Å². The van der Waals surface area contributed by atoms with Crippen molar-refractivity contribution in [3.05, 3.63) is 47.5 Å². The van der Waals surface area contributed by atoms with Crippen LogP contribution in [0.1, 0.15) is 17.2 Å². The lowest BCUT2D eigenvalue weighted by molar-refractivity contribution is 0.417. The number of rotatable bonds is 1. The van der Waals surface area contributed by atoms with Gasteiger partial charge in [0, 0.05) is 0 Å². The van der Waals surface area contributed by atoms with Crippen molar-refractivity contribution in [3.63, 3.8) is 0 Å². The van der Waals surface area contributed by atoms with Gasteiger partial charge in [-0.1, -0.05) is 36.4 Å². The number of ether oxygens (including phenoxy) is 1. The van der Waals surface area contributed by atoms with Crippen LogP contribution in [-0.4, -0.2) is 6.61 Å². The highest BCUT2D eigenvalue weighted by Crippen LogP contribution is 2.35. The zero-order valence-electron chi connectivity index (χ0n) is 8.16. The second-order valence-corrected chi connectivity index (χ2v) is 3.84. The fourth-order valence-corrected chi connectivity index (χ4v) is 1.98. The Morgan fingerprint density at radius 3 is 2.50 bits per heavy atom. The molecule has 2 aromatic rings. The molecule has 1 heterocycles. The van der Waals surface area contributed by atoms with Crippen molar-refractivity contribution in [3.8, 4) is 0 Å². The number of fused-ring (bicyclic) bond motifs is 1. The van der Waals surface area contributed by atoms with Crippen molar-refractivity contribution in [1.29, 1.82) is 0 Å². The van der Waals surface area contributed by atoms with Crippen LogP contribution >= 0.6 is 0 Å². The molecule has 70 valence electrons. The molecular weight excluding hydrogens is 172 g/mol. The van der Waals surface area contributed by atoms with Gasteiger partial charge in [0.2, 0.25) is 0 Å². The molecule has 0 aromatic heterocycles. The Kier molecular flexibility index (Phi) is 1.62. The van der Waals surface area contributed by atoms with Gasteiger partial charge in [-0.25, -0.2) is 0 Å². The van der Waals surface area contributed by atoms with Gasteiger partial charge in [0.1, 0.15) is 6.10 Å². The average Bonchev–Trinajstić information content (AvgIpc) is 3.03. The summed E-state index contributed by atoms with van der Waals surface area (Å²) in [5.74, 6) is 0. The molecule has 0 radical (unpaired) electrons. The first-order chi connectivity index (χ1) is 6.86.